The highest BCUT2D eigenvalue weighted by molar-refractivity contribution is 6.02. The second-order valence-corrected chi connectivity index (χ2v) is 6.10. The maximum Gasteiger partial charge on any atom is 0.128 e. The first-order valence-corrected chi connectivity index (χ1v) is 8.27. The molecule has 0 aliphatic carbocycles. The number of fused-ring (bicyclic) bond motifs is 1. The maximum atomic E-state index is 14.4. The van der Waals surface area contributed by atoms with Gasteiger partial charge < -0.3 is 5.32 Å². The Hall–Kier alpha value is -1.64. The molecule has 0 bridgehead atoms. The Kier molecular flexibility index (Phi) is 5.38. The average Bonchev–Trinajstić information content (AvgIpc) is 2.50. The number of benzene rings is 1. The molecule has 2 nitrogen and oxygen atoms in total. The fourth-order valence-corrected chi connectivity index (χ4v) is 3.51. The number of rotatable bonds is 5. The van der Waals surface area contributed by atoms with E-state index in [9.17, 15) is 4.39 Å². The fraction of sp³-hybridized carbons (Fsp3) is 0.526. The van der Waals surface area contributed by atoms with Crippen LogP contribution >= 0.6 is 0 Å². The van der Waals surface area contributed by atoms with Gasteiger partial charge >= 0.3 is 0 Å². The fourth-order valence-electron chi connectivity index (χ4n) is 3.51. The number of hydrogen-bond donors (Lipinski definition) is 1. The lowest BCUT2D eigenvalue weighted by molar-refractivity contribution is 0.597. The first-order chi connectivity index (χ1) is 10.5. The third kappa shape index (κ3) is 3.08. The van der Waals surface area contributed by atoms with Gasteiger partial charge in [-0.05, 0) is 55.7 Å². The van der Waals surface area contributed by atoms with Crippen molar-refractivity contribution < 1.29 is 4.39 Å². The number of nitrogens with one attached hydrogen (secondary N) is 1. The van der Waals surface area contributed by atoms with Gasteiger partial charge in [-0.1, -0.05) is 26.3 Å². The predicted octanol–water partition coefficient (Wildman–Crippen LogP) is 5.18. The van der Waals surface area contributed by atoms with Crippen LogP contribution in [-0.4, -0.2) is 12.8 Å². The van der Waals surface area contributed by atoms with Crippen LogP contribution in [0.4, 0.5) is 10.1 Å². The van der Waals surface area contributed by atoms with Gasteiger partial charge in [-0.15, -0.1) is 0 Å². The summed E-state index contributed by atoms with van der Waals surface area (Å²) in [4.78, 5) is 4.74. The summed E-state index contributed by atoms with van der Waals surface area (Å²) in [5.74, 6) is 0.255. The largest absolute Gasteiger partial charge is 0.387 e. The minimum atomic E-state index is -0.131. The number of hydrogen-bond acceptors (Lipinski definition) is 2. The first kappa shape index (κ1) is 16.7. The normalized spacial score (nSPS) is 16.1. The second kappa shape index (κ2) is 7.08. The van der Waals surface area contributed by atoms with Crippen LogP contribution < -0.4 is 5.32 Å². The number of allylic oxidation sites excluding steroid dienone is 2. The molecule has 0 saturated heterocycles. The lowest BCUT2D eigenvalue weighted by Gasteiger charge is -2.25. The molecule has 1 aliphatic rings. The van der Waals surface area contributed by atoms with E-state index in [0.29, 0.717) is 5.92 Å². The summed E-state index contributed by atoms with van der Waals surface area (Å²) < 4.78 is 14.4. The monoisotopic (exact) mass is 302 g/mol. The van der Waals surface area contributed by atoms with E-state index in [4.69, 9.17) is 4.99 Å². The third-order valence-electron chi connectivity index (χ3n) is 4.61. The number of halogens is 1. The van der Waals surface area contributed by atoms with Gasteiger partial charge in [0.25, 0.3) is 0 Å². The average molecular weight is 302 g/mol. The maximum absolute atomic E-state index is 14.4. The molecule has 3 heteroatoms. The van der Waals surface area contributed by atoms with E-state index in [0.717, 1.165) is 48.3 Å². The van der Waals surface area contributed by atoms with Crippen LogP contribution in [0.25, 0.3) is 0 Å². The highest BCUT2D eigenvalue weighted by atomic mass is 19.1. The number of aliphatic imine (C=N–C) groups is 1. The summed E-state index contributed by atoms with van der Waals surface area (Å²) in [7, 11) is 1.90. The van der Waals surface area contributed by atoms with Crippen LogP contribution in [0, 0.1) is 12.7 Å². The van der Waals surface area contributed by atoms with Crippen LogP contribution in [0.15, 0.2) is 22.8 Å². The minimum Gasteiger partial charge on any atom is -0.387 e. The van der Waals surface area contributed by atoms with Gasteiger partial charge in [-0.2, -0.15) is 0 Å². The van der Waals surface area contributed by atoms with Crippen molar-refractivity contribution in [2.24, 2.45) is 4.99 Å². The van der Waals surface area contributed by atoms with Gasteiger partial charge in [-0.3, -0.25) is 4.99 Å². The van der Waals surface area contributed by atoms with Crippen LogP contribution in [0.1, 0.15) is 62.6 Å². The molecule has 0 amide bonds. The topological polar surface area (TPSA) is 24.4 Å². The van der Waals surface area contributed by atoms with Crippen molar-refractivity contribution in [2.45, 2.75) is 59.3 Å². The van der Waals surface area contributed by atoms with E-state index in [1.54, 1.807) is 6.07 Å². The Morgan fingerprint density at radius 2 is 2.18 bits per heavy atom. The molecule has 0 aromatic heterocycles. The zero-order chi connectivity index (χ0) is 16.3. The van der Waals surface area contributed by atoms with Crippen molar-refractivity contribution >= 4 is 11.4 Å². The van der Waals surface area contributed by atoms with Crippen LogP contribution in [0.2, 0.25) is 0 Å². The Balaban J connectivity index is 2.55. The quantitative estimate of drug-likeness (QED) is 0.796. The molecule has 1 unspecified atom stereocenters. The first-order valence-electron chi connectivity index (χ1n) is 8.27. The lowest BCUT2D eigenvalue weighted by Crippen LogP contribution is -2.20. The van der Waals surface area contributed by atoms with Crippen molar-refractivity contribution in [2.75, 3.05) is 7.05 Å². The van der Waals surface area contributed by atoms with Gasteiger partial charge in [0.05, 0.1) is 17.1 Å². The molecule has 120 valence electrons. The van der Waals surface area contributed by atoms with E-state index < -0.39 is 0 Å². The molecule has 0 spiro atoms. The molecule has 22 heavy (non-hydrogen) atoms. The molecular formula is C19H27FN2. The molecular weight excluding hydrogens is 275 g/mol. The zero-order valence-corrected chi connectivity index (χ0v) is 14.4. The van der Waals surface area contributed by atoms with Gasteiger partial charge in [0.2, 0.25) is 0 Å². The molecule has 1 aliphatic heterocycles. The molecule has 1 aromatic rings. The van der Waals surface area contributed by atoms with Crippen LogP contribution in [0.5, 0.6) is 0 Å². The predicted molar refractivity (Wildman–Crippen MR) is 92.7 cm³/mol. The minimum absolute atomic E-state index is 0.131. The van der Waals surface area contributed by atoms with E-state index in [2.05, 4.69) is 19.2 Å². The second-order valence-electron chi connectivity index (χ2n) is 6.10. The Morgan fingerprint density at radius 1 is 1.45 bits per heavy atom. The number of nitrogens with zero attached hydrogens (tertiary/aromatic N) is 1. The Morgan fingerprint density at radius 3 is 2.77 bits per heavy atom. The van der Waals surface area contributed by atoms with Crippen molar-refractivity contribution in [3.8, 4) is 0 Å². The highest BCUT2D eigenvalue weighted by Gasteiger charge is 2.23. The zero-order valence-electron chi connectivity index (χ0n) is 14.4. The highest BCUT2D eigenvalue weighted by Crippen LogP contribution is 2.38. The standard InChI is InChI=1S/C19H27FN2/c1-6-8-12(3)19-13(4)15(20)11-18-14(19)9-10-17(22-18)16(7-2)21-5/h7,11-12,21H,6,8-10H2,1-5H3/b16-7-. The summed E-state index contributed by atoms with van der Waals surface area (Å²) in [6.45, 7) is 8.28. The van der Waals surface area contributed by atoms with Crippen molar-refractivity contribution in [1.29, 1.82) is 0 Å². The summed E-state index contributed by atoms with van der Waals surface area (Å²) in [5, 5.41) is 3.17. The molecule has 1 heterocycles. The SMILES string of the molecule is C/C=C(\NC)C1=Nc2cc(F)c(C)c(C(C)CCC)c2CC1. The summed E-state index contributed by atoms with van der Waals surface area (Å²) in [6.07, 6.45) is 6.07. The van der Waals surface area contributed by atoms with E-state index in [1.165, 1.54) is 11.1 Å². The van der Waals surface area contributed by atoms with E-state index >= 15 is 0 Å². The van der Waals surface area contributed by atoms with Gasteiger partial charge in [-0.25, -0.2) is 4.39 Å². The lowest BCUT2D eigenvalue weighted by atomic mass is 9.84. The molecule has 1 aromatic carbocycles. The summed E-state index contributed by atoms with van der Waals surface area (Å²) in [5.41, 5.74) is 6.11. The van der Waals surface area contributed by atoms with Crippen LogP contribution in [0.3, 0.4) is 0 Å². The molecule has 0 fully saturated rings. The van der Waals surface area contributed by atoms with Crippen molar-refractivity contribution in [3.05, 3.63) is 40.3 Å². The van der Waals surface area contributed by atoms with Crippen LogP contribution in [-0.2, 0) is 6.42 Å². The Labute approximate surface area is 133 Å². The molecule has 2 rings (SSSR count). The van der Waals surface area contributed by atoms with Crippen molar-refractivity contribution in [1.82, 2.24) is 5.32 Å². The smallest absolute Gasteiger partial charge is 0.128 e. The van der Waals surface area contributed by atoms with Gasteiger partial charge in [0, 0.05) is 13.1 Å². The molecule has 1 atom stereocenters. The van der Waals surface area contributed by atoms with Gasteiger partial charge in [0.1, 0.15) is 5.82 Å². The molecule has 0 saturated carbocycles. The van der Waals surface area contributed by atoms with Gasteiger partial charge in [0.15, 0.2) is 0 Å². The van der Waals surface area contributed by atoms with E-state index in [1.807, 2.05) is 27.0 Å². The van der Waals surface area contributed by atoms with E-state index in [-0.39, 0.29) is 5.82 Å². The Bertz CT molecular complexity index is 614. The molecule has 1 N–H and O–H groups in total. The summed E-state index contributed by atoms with van der Waals surface area (Å²) >= 11 is 0. The third-order valence-corrected chi connectivity index (χ3v) is 4.61. The van der Waals surface area contributed by atoms with Crippen molar-refractivity contribution in [3.63, 3.8) is 0 Å². The summed E-state index contributed by atoms with van der Waals surface area (Å²) in [6, 6.07) is 1.61. The molecule has 0 radical (unpaired) electrons.